The molecule has 2 aromatic carbocycles. The molecule has 3 aromatic heterocycles. The van der Waals surface area contributed by atoms with Crippen LogP contribution < -0.4 is 14.8 Å². The number of carbonyl (C=O) groups excluding carboxylic acids is 1. The van der Waals surface area contributed by atoms with Gasteiger partial charge in [-0.25, -0.2) is 28.1 Å². The number of rotatable bonds is 10. The van der Waals surface area contributed by atoms with Crippen molar-refractivity contribution in [1.82, 2.24) is 34.3 Å². The molecular weight excluding hydrogens is 632 g/mol. The lowest BCUT2D eigenvalue weighted by Crippen LogP contribution is -2.36. The van der Waals surface area contributed by atoms with Crippen molar-refractivity contribution in [3.63, 3.8) is 0 Å². The van der Waals surface area contributed by atoms with Gasteiger partial charge in [0, 0.05) is 31.6 Å². The number of anilines is 1. The minimum atomic E-state index is -3.91. The van der Waals surface area contributed by atoms with Crippen molar-refractivity contribution in [1.29, 1.82) is 0 Å². The highest BCUT2D eigenvalue weighted by Crippen LogP contribution is 2.36. The van der Waals surface area contributed by atoms with Crippen LogP contribution in [0, 0.1) is 13.8 Å². The van der Waals surface area contributed by atoms with Crippen LogP contribution in [0.5, 0.6) is 11.9 Å². The highest BCUT2D eigenvalue weighted by molar-refractivity contribution is 7.89. The van der Waals surface area contributed by atoms with Gasteiger partial charge in [-0.15, -0.1) is 5.10 Å². The number of aryl methyl sites for hydroxylation is 3. The molecule has 1 aliphatic rings. The first-order valence-corrected chi connectivity index (χ1v) is 17.3. The third kappa shape index (κ3) is 6.45. The van der Waals surface area contributed by atoms with E-state index in [-0.39, 0.29) is 48.3 Å². The van der Waals surface area contributed by atoms with E-state index in [0.717, 1.165) is 38.9 Å². The smallest absolute Gasteiger partial charge is 0.316 e. The van der Waals surface area contributed by atoms with Gasteiger partial charge in [-0.3, -0.25) is 4.79 Å². The molecule has 1 aliphatic heterocycles. The summed E-state index contributed by atoms with van der Waals surface area (Å²) in [5.74, 6) is -0.511. The van der Waals surface area contributed by atoms with E-state index >= 15 is 0 Å². The third-order valence-corrected chi connectivity index (χ3v) is 10.6. The third-order valence-electron chi connectivity index (χ3n) is 8.76. The number of sulfonamides is 1. The van der Waals surface area contributed by atoms with Crippen LogP contribution >= 0.6 is 0 Å². The van der Waals surface area contributed by atoms with E-state index in [1.807, 2.05) is 62.7 Å². The van der Waals surface area contributed by atoms with Crippen LogP contribution in [0.25, 0.3) is 11.0 Å². The predicted molar refractivity (Wildman–Crippen MR) is 179 cm³/mol. The van der Waals surface area contributed by atoms with Gasteiger partial charge in [-0.1, -0.05) is 36.4 Å². The molecule has 0 spiro atoms. The predicted octanol–water partition coefficient (Wildman–Crippen LogP) is 4.78. The molecule has 0 saturated heterocycles. The van der Waals surface area contributed by atoms with Crippen molar-refractivity contribution in [2.45, 2.75) is 70.5 Å². The average Bonchev–Trinajstić information content (AvgIpc) is 3.48. The summed E-state index contributed by atoms with van der Waals surface area (Å²) in [4.78, 5) is 26.0. The van der Waals surface area contributed by atoms with Crippen LogP contribution in [0.2, 0.25) is 0 Å². The Morgan fingerprint density at radius 3 is 2.62 bits per heavy atom. The van der Waals surface area contributed by atoms with E-state index in [0.29, 0.717) is 18.7 Å². The van der Waals surface area contributed by atoms with E-state index < -0.39 is 15.9 Å². The van der Waals surface area contributed by atoms with Gasteiger partial charge in [0.2, 0.25) is 21.8 Å². The molecule has 0 aliphatic carbocycles. The number of methoxy groups -OCH3 is 1. The van der Waals surface area contributed by atoms with Crippen LogP contribution in [0.15, 0.2) is 66.0 Å². The van der Waals surface area contributed by atoms with Crippen LogP contribution in [-0.2, 0) is 27.9 Å². The number of hydrogen-bond acceptors (Lipinski definition) is 10. The van der Waals surface area contributed by atoms with Gasteiger partial charge in [0.15, 0.2) is 0 Å². The van der Waals surface area contributed by atoms with Crippen LogP contribution in [0.3, 0.4) is 0 Å². The molecule has 0 unspecified atom stereocenters. The van der Waals surface area contributed by atoms with Crippen LogP contribution in [0.4, 0.5) is 5.69 Å². The largest absolute Gasteiger partial charge is 0.472 e. The van der Waals surface area contributed by atoms with Gasteiger partial charge in [-0.05, 0) is 73.2 Å². The Kier molecular flexibility index (Phi) is 9.38. The zero-order chi connectivity index (χ0) is 34.0. The van der Waals surface area contributed by atoms with E-state index in [1.165, 1.54) is 36.1 Å². The molecule has 0 fully saturated rings. The fraction of sp³-hybridized carbons (Fsp3) is 0.353. The number of amides is 1. The highest BCUT2D eigenvalue weighted by Gasteiger charge is 2.35. The molecule has 6 rings (SSSR count). The lowest BCUT2D eigenvalue weighted by molar-refractivity contribution is -0.116. The van der Waals surface area contributed by atoms with Gasteiger partial charge in [0.25, 0.3) is 0 Å². The number of aromatic nitrogens is 6. The molecule has 0 bridgehead atoms. The molecule has 0 saturated carbocycles. The highest BCUT2D eigenvalue weighted by atomic mass is 32.2. The molecule has 13 nitrogen and oxygen atoms in total. The minimum absolute atomic E-state index is 0.0517. The second-order valence-electron chi connectivity index (χ2n) is 11.8. The summed E-state index contributed by atoms with van der Waals surface area (Å²) in [5, 5.41) is 11.7. The summed E-state index contributed by atoms with van der Waals surface area (Å²) in [7, 11) is -2.44. The maximum atomic E-state index is 13.9. The summed E-state index contributed by atoms with van der Waals surface area (Å²) in [6.07, 6.45) is 4.86. The van der Waals surface area contributed by atoms with Crippen molar-refractivity contribution < 1.29 is 22.7 Å². The van der Waals surface area contributed by atoms with Gasteiger partial charge >= 0.3 is 6.01 Å². The Morgan fingerprint density at radius 1 is 1.10 bits per heavy atom. The second kappa shape index (κ2) is 13.6. The number of fused-ring (bicyclic) bond motifs is 2. The Morgan fingerprint density at radius 2 is 1.90 bits per heavy atom. The quantitative estimate of drug-likeness (QED) is 0.219. The summed E-state index contributed by atoms with van der Waals surface area (Å²) in [6.45, 7) is 8.90. The maximum absolute atomic E-state index is 13.9. The number of nitrogens with one attached hydrogen (secondary N) is 1. The van der Waals surface area contributed by atoms with Gasteiger partial charge in [0.1, 0.15) is 16.5 Å². The first-order valence-electron chi connectivity index (χ1n) is 15.8. The van der Waals surface area contributed by atoms with E-state index in [1.54, 1.807) is 6.07 Å². The number of ether oxygens (including phenoxy) is 2. The summed E-state index contributed by atoms with van der Waals surface area (Å²) in [5.41, 5.74) is 6.57. The van der Waals surface area contributed by atoms with E-state index in [4.69, 9.17) is 9.47 Å². The van der Waals surface area contributed by atoms with Crippen LogP contribution in [-0.4, -0.2) is 68.3 Å². The Balaban J connectivity index is 1.38. The molecule has 250 valence electrons. The van der Waals surface area contributed by atoms with Crippen molar-refractivity contribution in [2.24, 2.45) is 0 Å². The molecule has 2 atom stereocenters. The number of pyridine rings is 1. The van der Waals surface area contributed by atoms with E-state index in [2.05, 4.69) is 30.6 Å². The maximum Gasteiger partial charge on any atom is 0.316 e. The zero-order valence-electron chi connectivity index (χ0n) is 27.5. The van der Waals surface area contributed by atoms with Crippen LogP contribution in [0.1, 0.15) is 60.4 Å². The van der Waals surface area contributed by atoms with Crippen molar-refractivity contribution in [3.8, 4) is 11.9 Å². The van der Waals surface area contributed by atoms with Crippen molar-refractivity contribution in [2.75, 3.05) is 19.0 Å². The molecular formula is C34H38N8O5S. The number of hydrogen-bond donors (Lipinski definition) is 1. The fourth-order valence-electron chi connectivity index (χ4n) is 6.04. The van der Waals surface area contributed by atoms with Gasteiger partial charge in [0.05, 0.1) is 37.3 Å². The summed E-state index contributed by atoms with van der Waals surface area (Å²) < 4.78 is 42.2. The molecule has 14 heteroatoms. The van der Waals surface area contributed by atoms with Crippen molar-refractivity contribution in [3.05, 3.63) is 88.9 Å². The summed E-state index contributed by atoms with van der Waals surface area (Å²) in [6, 6.07) is 13.3. The van der Waals surface area contributed by atoms with E-state index in [9.17, 15) is 13.2 Å². The zero-order valence-corrected chi connectivity index (χ0v) is 28.4. The van der Waals surface area contributed by atoms with Crippen molar-refractivity contribution >= 4 is 32.7 Å². The minimum Gasteiger partial charge on any atom is -0.472 e. The Hall–Kier alpha value is -4.95. The number of nitrogens with zero attached hydrogens (tertiary/aromatic N) is 7. The van der Waals surface area contributed by atoms with Gasteiger partial charge in [-0.2, -0.15) is 4.31 Å². The average molecular weight is 671 g/mol. The topological polar surface area (TPSA) is 154 Å². The Bertz CT molecular complexity index is 2070. The first-order chi connectivity index (χ1) is 23.1. The second-order valence-corrected chi connectivity index (χ2v) is 13.7. The monoisotopic (exact) mass is 670 g/mol. The first kappa shape index (κ1) is 33.0. The normalized spacial score (nSPS) is 16.5. The molecule has 1 amide bonds. The Labute approximate surface area is 279 Å². The standard InChI is InChI=1S/C34H38N8O5S/c1-6-26-20-41(48(44,45)30-9-8-14-35-33(30)47-26)19-24-15-23(11-10-21(24)3)28(16-31(43)38-25-17-36-34(46-5)37-18-25)27-12-13-29-32(22(27)4)39-40-42(29)7-2/h8-15,17-18,26,28H,6-7,16,19-20H2,1-5H3,(H,38,43)/t26-,28+/m1/s1. The fourth-order valence-corrected chi connectivity index (χ4v) is 7.56. The molecule has 4 heterocycles. The lowest BCUT2D eigenvalue weighted by atomic mass is 9.84. The number of carbonyl (C=O) groups is 1. The summed E-state index contributed by atoms with van der Waals surface area (Å²) >= 11 is 0. The van der Waals surface area contributed by atoms with Gasteiger partial charge < -0.3 is 14.8 Å². The SMILES string of the molecule is CC[C@@H]1CN(Cc2cc([C@H](CC(=O)Nc3cnc(OC)nc3)c3ccc4c(nnn4CC)c3C)ccc2C)S(=O)(=O)c2cccnc2O1. The molecule has 1 N–H and O–H groups in total. The number of benzene rings is 2. The molecule has 0 radical (unpaired) electrons. The lowest BCUT2D eigenvalue weighted by Gasteiger charge is -2.25. The molecule has 48 heavy (non-hydrogen) atoms. The molecule has 5 aromatic rings.